The first-order valence-corrected chi connectivity index (χ1v) is 7.06. The van der Waals surface area contributed by atoms with Crippen molar-refractivity contribution in [3.8, 4) is 11.5 Å². The quantitative estimate of drug-likeness (QED) is 0.631. The topological polar surface area (TPSA) is 47.6 Å². The molecule has 22 heavy (non-hydrogen) atoms. The van der Waals surface area contributed by atoms with Gasteiger partial charge in [-0.3, -0.25) is 4.79 Å². The van der Waals surface area contributed by atoms with Crippen molar-refractivity contribution in [1.82, 2.24) is 5.32 Å². The van der Waals surface area contributed by atoms with Crippen LogP contribution in [0, 0.1) is 0 Å². The molecule has 0 aromatic heterocycles. The van der Waals surface area contributed by atoms with Crippen molar-refractivity contribution in [1.29, 1.82) is 0 Å². The van der Waals surface area contributed by atoms with Gasteiger partial charge in [-0.1, -0.05) is 30.3 Å². The molecule has 0 saturated carbocycles. The first-order chi connectivity index (χ1) is 10.8. The molecule has 4 heteroatoms. The van der Waals surface area contributed by atoms with Crippen LogP contribution < -0.4 is 14.8 Å². The summed E-state index contributed by atoms with van der Waals surface area (Å²) in [4.78, 5) is 11.7. The fraction of sp³-hybridized carbons (Fsp3) is 0.167. The van der Waals surface area contributed by atoms with Crippen LogP contribution in [0.2, 0.25) is 0 Å². The summed E-state index contributed by atoms with van der Waals surface area (Å²) in [6, 6.07) is 17.0. The van der Waals surface area contributed by atoms with Crippen molar-refractivity contribution < 1.29 is 14.3 Å². The first kappa shape index (κ1) is 15.6. The molecule has 0 heterocycles. The maximum Gasteiger partial charge on any atom is 0.244 e. The summed E-state index contributed by atoms with van der Waals surface area (Å²) >= 11 is 0. The number of hydrogen-bond acceptors (Lipinski definition) is 3. The summed E-state index contributed by atoms with van der Waals surface area (Å²) in [5, 5.41) is 2.77. The lowest BCUT2D eigenvalue weighted by Crippen LogP contribution is -2.26. The number of methoxy groups -OCH3 is 1. The van der Waals surface area contributed by atoms with Crippen molar-refractivity contribution in [3.05, 3.63) is 66.2 Å². The van der Waals surface area contributed by atoms with Gasteiger partial charge >= 0.3 is 0 Å². The van der Waals surface area contributed by atoms with Crippen molar-refractivity contribution in [2.45, 2.75) is 0 Å². The molecule has 2 aromatic rings. The smallest absolute Gasteiger partial charge is 0.244 e. The lowest BCUT2D eigenvalue weighted by molar-refractivity contribution is -0.116. The van der Waals surface area contributed by atoms with Gasteiger partial charge in [0.2, 0.25) is 5.91 Å². The molecule has 0 radical (unpaired) electrons. The highest BCUT2D eigenvalue weighted by Gasteiger charge is 1.96. The molecule has 0 aliphatic carbocycles. The van der Waals surface area contributed by atoms with Gasteiger partial charge in [-0.05, 0) is 35.9 Å². The summed E-state index contributed by atoms with van der Waals surface area (Å²) in [7, 11) is 1.62. The van der Waals surface area contributed by atoms with E-state index in [9.17, 15) is 4.79 Å². The van der Waals surface area contributed by atoms with E-state index in [-0.39, 0.29) is 5.91 Å². The Morgan fingerprint density at radius 1 is 1.05 bits per heavy atom. The second-order valence-corrected chi connectivity index (χ2v) is 4.56. The molecule has 0 bridgehead atoms. The standard InChI is InChI=1S/C18H19NO3/c1-21-16-10-7-15(8-11-16)9-12-18(20)19-13-14-22-17-5-3-2-4-6-17/h2-12H,13-14H2,1H3,(H,19,20)/b12-9+. The van der Waals surface area contributed by atoms with Crippen LogP contribution in [0.1, 0.15) is 5.56 Å². The molecule has 0 fully saturated rings. The molecule has 0 saturated heterocycles. The fourth-order valence-corrected chi connectivity index (χ4v) is 1.81. The van der Waals surface area contributed by atoms with Crippen LogP contribution in [0.4, 0.5) is 0 Å². The summed E-state index contributed by atoms with van der Waals surface area (Å²) < 4.78 is 10.6. The van der Waals surface area contributed by atoms with Crippen LogP contribution >= 0.6 is 0 Å². The number of amides is 1. The highest BCUT2D eigenvalue weighted by Crippen LogP contribution is 2.12. The average Bonchev–Trinajstić information content (AvgIpc) is 2.58. The number of carbonyl (C=O) groups excluding carboxylic acids is 1. The molecule has 0 aliphatic heterocycles. The molecule has 2 aromatic carbocycles. The van der Waals surface area contributed by atoms with Crippen molar-refractivity contribution in [2.24, 2.45) is 0 Å². The van der Waals surface area contributed by atoms with Gasteiger partial charge in [-0.2, -0.15) is 0 Å². The number of nitrogens with one attached hydrogen (secondary N) is 1. The minimum atomic E-state index is -0.146. The Labute approximate surface area is 130 Å². The Morgan fingerprint density at radius 2 is 1.77 bits per heavy atom. The normalized spacial score (nSPS) is 10.4. The van der Waals surface area contributed by atoms with Crippen LogP contribution in [-0.2, 0) is 4.79 Å². The monoisotopic (exact) mass is 297 g/mol. The van der Waals surface area contributed by atoms with Gasteiger partial charge in [-0.25, -0.2) is 0 Å². The van der Waals surface area contributed by atoms with E-state index in [1.807, 2.05) is 54.6 Å². The van der Waals surface area contributed by atoms with Crippen LogP contribution in [0.25, 0.3) is 6.08 Å². The second kappa shape index (κ2) is 8.52. The van der Waals surface area contributed by atoms with E-state index in [1.54, 1.807) is 13.2 Å². The number of rotatable bonds is 7. The molecule has 1 N–H and O–H groups in total. The lowest BCUT2D eigenvalue weighted by Gasteiger charge is -2.06. The van der Waals surface area contributed by atoms with Gasteiger partial charge in [0, 0.05) is 6.08 Å². The molecule has 4 nitrogen and oxygen atoms in total. The van der Waals surface area contributed by atoms with Crippen LogP contribution in [0.3, 0.4) is 0 Å². The fourth-order valence-electron chi connectivity index (χ4n) is 1.81. The zero-order chi connectivity index (χ0) is 15.6. The molecule has 0 aliphatic rings. The van der Waals surface area contributed by atoms with E-state index in [0.717, 1.165) is 17.1 Å². The van der Waals surface area contributed by atoms with Gasteiger partial charge < -0.3 is 14.8 Å². The Hall–Kier alpha value is -2.75. The van der Waals surface area contributed by atoms with Crippen LogP contribution in [0.15, 0.2) is 60.7 Å². The zero-order valence-electron chi connectivity index (χ0n) is 12.5. The number of ether oxygens (including phenoxy) is 2. The van der Waals surface area contributed by atoms with Gasteiger partial charge in [-0.15, -0.1) is 0 Å². The van der Waals surface area contributed by atoms with Crippen LogP contribution in [-0.4, -0.2) is 26.2 Å². The summed E-state index contributed by atoms with van der Waals surface area (Å²) in [5.74, 6) is 1.44. The number of hydrogen-bond donors (Lipinski definition) is 1. The summed E-state index contributed by atoms with van der Waals surface area (Å²) in [6.07, 6.45) is 3.26. The SMILES string of the molecule is COc1ccc(/C=C/C(=O)NCCOc2ccccc2)cc1. The molecule has 0 spiro atoms. The van der Waals surface area contributed by atoms with Gasteiger partial charge in [0.25, 0.3) is 0 Å². The molecule has 114 valence electrons. The predicted molar refractivity (Wildman–Crippen MR) is 87.0 cm³/mol. The highest BCUT2D eigenvalue weighted by atomic mass is 16.5. The van der Waals surface area contributed by atoms with E-state index in [2.05, 4.69) is 5.32 Å². The van der Waals surface area contributed by atoms with Gasteiger partial charge in [0.05, 0.1) is 13.7 Å². The minimum Gasteiger partial charge on any atom is -0.497 e. The maximum atomic E-state index is 11.7. The van der Waals surface area contributed by atoms with Crippen molar-refractivity contribution in [2.75, 3.05) is 20.3 Å². The third-order valence-corrected chi connectivity index (χ3v) is 2.96. The van der Waals surface area contributed by atoms with E-state index in [1.165, 1.54) is 6.08 Å². The Morgan fingerprint density at radius 3 is 2.45 bits per heavy atom. The summed E-state index contributed by atoms with van der Waals surface area (Å²) in [5.41, 5.74) is 0.941. The second-order valence-electron chi connectivity index (χ2n) is 4.56. The third-order valence-electron chi connectivity index (χ3n) is 2.96. The largest absolute Gasteiger partial charge is 0.497 e. The van der Waals surface area contributed by atoms with E-state index in [0.29, 0.717) is 13.2 Å². The summed E-state index contributed by atoms with van der Waals surface area (Å²) in [6.45, 7) is 0.896. The Bertz CT molecular complexity index is 606. The van der Waals surface area contributed by atoms with E-state index in [4.69, 9.17) is 9.47 Å². The minimum absolute atomic E-state index is 0.146. The number of para-hydroxylation sites is 1. The molecule has 2 rings (SSSR count). The Balaban J connectivity index is 1.69. The van der Waals surface area contributed by atoms with Gasteiger partial charge in [0.1, 0.15) is 18.1 Å². The molecule has 0 atom stereocenters. The van der Waals surface area contributed by atoms with E-state index >= 15 is 0 Å². The molecule has 0 unspecified atom stereocenters. The molecular formula is C18H19NO3. The highest BCUT2D eigenvalue weighted by molar-refractivity contribution is 5.91. The average molecular weight is 297 g/mol. The van der Waals surface area contributed by atoms with Gasteiger partial charge in [0.15, 0.2) is 0 Å². The van der Waals surface area contributed by atoms with Crippen molar-refractivity contribution in [3.63, 3.8) is 0 Å². The molecule has 1 amide bonds. The number of benzene rings is 2. The first-order valence-electron chi connectivity index (χ1n) is 7.06. The zero-order valence-corrected chi connectivity index (χ0v) is 12.5. The number of carbonyl (C=O) groups is 1. The third kappa shape index (κ3) is 5.32. The van der Waals surface area contributed by atoms with Crippen molar-refractivity contribution >= 4 is 12.0 Å². The maximum absolute atomic E-state index is 11.7. The Kier molecular flexibility index (Phi) is 6.05. The van der Waals surface area contributed by atoms with E-state index < -0.39 is 0 Å². The van der Waals surface area contributed by atoms with Crippen LogP contribution in [0.5, 0.6) is 11.5 Å². The lowest BCUT2D eigenvalue weighted by atomic mass is 10.2. The molecular weight excluding hydrogens is 278 g/mol. The predicted octanol–water partition coefficient (Wildman–Crippen LogP) is 2.90.